The number of aliphatic hydroxyl groups excluding tert-OH is 1. The van der Waals surface area contributed by atoms with Crippen molar-refractivity contribution in [2.24, 2.45) is 0 Å². The van der Waals surface area contributed by atoms with Gasteiger partial charge in [0.1, 0.15) is 0 Å². The zero-order valence-electron chi connectivity index (χ0n) is 6.92. The first-order valence-electron chi connectivity index (χ1n) is 3.70. The zero-order chi connectivity index (χ0) is 9.14. The molecular formula is C10H11ClO. The van der Waals surface area contributed by atoms with Crippen molar-refractivity contribution in [2.45, 2.75) is 13.0 Å². The predicted octanol–water partition coefficient (Wildman–Crippen LogP) is 2.95. The fraction of sp³-hybridized carbons (Fsp3) is 0.200. The summed E-state index contributed by atoms with van der Waals surface area (Å²) in [7, 11) is 0. The minimum absolute atomic E-state index is 0.581. The van der Waals surface area contributed by atoms with Crippen LogP contribution in [0.25, 0.3) is 0 Å². The Balaban J connectivity index is 2.89. The van der Waals surface area contributed by atoms with E-state index in [0.717, 1.165) is 11.1 Å². The molecule has 0 aliphatic rings. The van der Waals surface area contributed by atoms with Crippen molar-refractivity contribution >= 4 is 11.6 Å². The smallest absolute Gasteiger partial charge is 0.0995 e. The third-order valence-electron chi connectivity index (χ3n) is 1.65. The summed E-state index contributed by atoms with van der Waals surface area (Å²) in [5.74, 6) is 0. The number of rotatable bonds is 2. The lowest BCUT2D eigenvalue weighted by Crippen LogP contribution is -1.96. The van der Waals surface area contributed by atoms with E-state index in [4.69, 9.17) is 11.6 Å². The molecule has 0 aliphatic carbocycles. The summed E-state index contributed by atoms with van der Waals surface area (Å²) in [6.45, 7) is 5.46. The molecule has 0 aliphatic heterocycles. The maximum absolute atomic E-state index is 9.55. The van der Waals surface area contributed by atoms with Crippen LogP contribution in [0.1, 0.15) is 18.6 Å². The summed E-state index contributed by atoms with van der Waals surface area (Å²) >= 11 is 5.69. The Kier molecular flexibility index (Phi) is 2.90. The monoisotopic (exact) mass is 182 g/mol. The van der Waals surface area contributed by atoms with Crippen LogP contribution in [0.5, 0.6) is 0 Å². The number of halogens is 1. The second kappa shape index (κ2) is 3.74. The van der Waals surface area contributed by atoms with E-state index in [9.17, 15) is 5.11 Å². The van der Waals surface area contributed by atoms with Gasteiger partial charge in [0.05, 0.1) is 6.10 Å². The second-order valence-corrected chi connectivity index (χ2v) is 3.24. The Bertz CT molecular complexity index is 276. The summed E-state index contributed by atoms with van der Waals surface area (Å²) in [5.41, 5.74) is 1.56. The molecule has 0 saturated carbocycles. The molecule has 1 N–H and O–H groups in total. The fourth-order valence-corrected chi connectivity index (χ4v) is 1.06. The van der Waals surface area contributed by atoms with Crippen LogP contribution in [0.2, 0.25) is 5.02 Å². The lowest BCUT2D eigenvalue weighted by Gasteiger charge is -2.09. The standard InChI is InChI=1S/C10H11ClO/c1-7(2)10(12)8-3-5-9(11)6-4-8/h3-6,10,12H,1H2,2H3/t10-/m0/s1. The highest BCUT2D eigenvalue weighted by atomic mass is 35.5. The topological polar surface area (TPSA) is 20.2 Å². The zero-order valence-corrected chi connectivity index (χ0v) is 7.67. The van der Waals surface area contributed by atoms with Crippen LogP contribution in [0.3, 0.4) is 0 Å². The van der Waals surface area contributed by atoms with Crippen molar-refractivity contribution in [3.63, 3.8) is 0 Å². The highest BCUT2D eigenvalue weighted by Crippen LogP contribution is 2.21. The summed E-state index contributed by atoms with van der Waals surface area (Å²) in [6, 6.07) is 7.09. The molecule has 0 heterocycles. The van der Waals surface area contributed by atoms with Crippen molar-refractivity contribution in [3.05, 3.63) is 47.0 Å². The third kappa shape index (κ3) is 2.10. The van der Waals surface area contributed by atoms with E-state index >= 15 is 0 Å². The van der Waals surface area contributed by atoms with Crippen molar-refractivity contribution in [1.29, 1.82) is 0 Å². The molecule has 1 aromatic rings. The van der Waals surface area contributed by atoms with Crippen molar-refractivity contribution < 1.29 is 5.11 Å². The van der Waals surface area contributed by atoms with Crippen LogP contribution < -0.4 is 0 Å². The highest BCUT2D eigenvalue weighted by Gasteiger charge is 2.06. The molecule has 0 bridgehead atoms. The number of benzene rings is 1. The summed E-state index contributed by atoms with van der Waals surface area (Å²) in [5, 5.41) is 10.2. The largest absolute Gasteiger partial charge is 0.384 e. The molecule has 0 saturated heterocycles. The predicted molar refractivity (Wildman–Crippen MR) is 51.2 cm³/mol. The molecule has 64 valence electrons. The van der Waals surface area contributed by atoms with E-state index < -0.39 is 6.10 Å². The SMILES string of the molecule is C=C(C)[C@H](O)c1ccc(Cl)cc1. The van der Waals surface area contributed by atoms with E-state index in [1.165, 1.54) is 0 Å². The normalized spacial score (nSPS) is 12.6. The van der Waals surface area contributed by atoms with Crippen molar-refractivity contribution in [2.75, 3.05) is 0 Å². The van der Waals surface area contributed by atoms with E-state index in [1.807, 2.05) is 0 Å². The Morgan fingerprint density at radius 3 is 2.33 bits per heavy atom. The minimum Gasteiger partial charge on any atom is -0.384 e. The van der Waals surface area contributed by atoms with Gasteiger partial charge in [-0.2, -0.15) is 0 Å². The fourth-order valence-electron chi connectivity index (χ4n) is 0.930. The molecule has 0 fully saturated rings. The first-order valence-corrected chi connectivity index (χ1v) is 4.08. The van der Waals surface area contributed by atoms with Gasteiger partial charge < -0.3 is 5.11 Å². The minimum atomic E-state index is -0.581. The lowest BCUT2D eigenvalue weighted by atomic mass is 10.0. The summed E-state index contributed by atoms with van der Waals surface area (Å²) in [4.78, 5) is 0. The summed E-state index contributed by atoms with van der Waals surface area (Å²) in [6.07, 6.45) is -0.581. The molecular weight excluding hydrogens is 172 g/mol. The van der Waals surface area contributed by atoms with Gasteiger partial charge in [0.25, 0.3) is 0 Å². The van der Waals surface area contributed by atoms with Gasteiger partial charge in [-0.3, -0.25) is 0 Å². The molecule has 1 nitrogen and oxygen atoms in total. The Labute approximate surface area is 77.3 Å². The van der Waals surface area contributed by atoms with E-state index in [0.29, 0.717) is 5.02 Å². The Hall–Kier alpha value is -0.790. The first-order chi connectivity index (χ1) is 5.61. The third-order valence-corrected chi connectivity index (χ3v) is 1.90. The average molecular weight is 183 g/mol. The molecule has 1 aromatic carbocycles. The van der Waals surface area contributed by atoms with E-state index in [1.54, 1.807) is 31.2 Å². The molecule has 0 radical (unpaired) electrons. The van der Waals surface area contributed by atoms with Crippen LogP contribution in [0, 0.1) is 0 Å². The van der Waals surface area contributed by atoms with E-state index in [-0.39, 0.29) is 0 Å². The molecule has 2 heteroatoms. The molecule has 0 aromatic heterocycles. The lowest BCUT2D eigenvalue weighted by molar-refractivity contribution is 0.216. The number of hydrogen-bond donors (Lipinski definition) is 1. The average Bonchev–Trinajstić information content (AvgIpc) is 2.04. The molecule has 1 atom stereocenters. The molecule has 0 amide bonds. The van der Waals surface area contributed by atoms with Crippen LogP contribution in [-0.4, -0.2) is 5.11 Å². The van der Waals surface area contributed by atoms with Gasteiger partial charge in [0.15, 0.2) is 0 Å². The first kappa shape index (κ1) is 9.30. The molecule has 12 heavy (non-hydrogen) atoms. The van der Waals surface area contributed by atoms with Gasteiger partial charge in [0, 0.05) is 5.02 Å². The van der Waals surface area contributed by atoms with Crippen LogP contribution >= 0.6 is 11.6 Å². The number of aliphatic hydroxyl groups is 1. The molecule has 0 unspecified atom stereocenters. The number of hydrogen-bond acceptors (Lipinski definition) is 1. The Morgan fingerprint density at radius 2 is 1.92 bits per heavy atom. The van der Waals surface area contributed by atoms with Gasteiger partial charge in [-0.25, -0.2) is 0 Å². The highest BCUT2D eigenvalue weighted by molar-refractivity contribution is 6.30. The molecule has 0 spiro atoms. The van der Waals surface area contributed by atoms with Crippen molar-refractivity contribution in [3.8, 4) is 0 Å². The van der Waals surface area contributed by atoms with Gasteiger partial charge in [-0.15, -0.1) is 0 Å². The van der Waals surface area contributed by atoms with Crippen LogP contribution in [-0.2, 0) is 0 Å². The van der Waals surface area contributed by atoms with Crippen molar-refractivity contribution in [1.82, 2.24) is 0 Å². The van der Waals surface area contributed by atoms with Gasteiger partial charge in [0.2, 0.25) is 0 Å². The van der Waals surface area contributed by atoms with Gasteiger partial charge >= 0.3 is 0 Å². The van der Waals surface area contributed by atoms with Crippen LogP contribution in [0.4, 0.5) is 0 Å². The van der Waals surface area contributed by atoms with Gasteiger partial charge in [-0.1, -0.05) is 30.3 Å². The molecule has 1 rings (SSSR count). The maximum atomic E-state index is 9.55. The maximum Gasteiger partial charge on any atom is 0.0995 e. The summed E-state index contributed by atoms with van der Waals surface area (Å²) < 4.78 is 0. The Morgan fingerprint density at radius 1 is 1.42 bits per heavy atom. The second-order valence-electron chi connectivity index (χ2n) is 2.80. The van der Waals surface area contributed by atoms with Crippen LogP contribution in [0.15, 0.2) is 36.4 Å². The quantitative estimate of drug-likeness (QED) is 0.698. The van der Waals surface area contributed by atoms with Gasteiger partial charge in [-0.05, 0) is 30.2 Å². The van der Waals surface area contributed by atoms with E-state index in [2.05, 4.69) is 6.58 Å².